The van der Waals surface area contributed by atoms with Crippen molar-refractivity contribution in [2.75, 3.05) is 32.8 Å². The van der Waals surface area contributed by atoms with Gasteiger partial charge in [-0.25, -0.2) is 4.98 Å². The molecule has 1 aliphatic heterocycles. The molecule has 0 unspecified atom stereocenters. The highest BCUT2D eigenvalue weighted by Gasteiger charge is 2.24. The van der Waals surface area contributed by atoms with E-state index < -0.39 is 0 Å². The number of amides is 1. The van der Waals surface area contributed by atoms with E-state index in [9.17, 15) is 9.59 Å². The number of aromatic nitrogens is 2. The Kier molecular flexibility index (Phi) is 8.64. The molecular formula is C29H38N4O4S. The van der Waals surface area contributed by atoms with Crippen molar-refractivity contribution in [3.8, 4) is 11.5 Å². The smallest absolute Gasteiger partial charge is 0.263 e. The van der Waals surface area contributed by atoms with Crippen molar-refractivity contribution in [1.82, 2.24) is 19.8 Å². The molecule has 1 fully saturated rings. The number of rotatable bonds is 11. The van der Waals surface area contributed by atoms with Crippen molar-refractivity contribution in [3.63, 3.8) is 0 Å². The summed E-state index contributed by atoms with van der Waals surface area (Å²) in [6.45, 7) is 8.10. The molecule has 5 rings (SSSR count). The van der Waals surface area contributed by atoms with Gasteiger partial charge >= 0.3 is 0 Å². The Hall–Kier alpha value is -2.91. The lowest BCUT2D eigenvalue weighted by atomic mass is 9.97. The molecule has 204 valence electrons. The van der Waals surface area contributed by atoms with E-state index in [4.69, 9.17) is 14.5 Å². The van der Waals surface area contributed by atoms with Crippen molar-refractivity contribution in [2.24, 2.45) is 0 Å². The van der Waals surface area contributed by atoms with Crippen LogP contribution in [0.1, 0.15) is 61.4 Å². The first-order valence-electron chi connectivity index (χ1n) is 14.0. The summed E-state index contributed by atoms with van der Waals surface area (Å²) in [6.07, 6.45) is 7.20. The lowest BCUT2D eigenvalue weighted by Crippen LogP contribution is -2.37. The van der Waals surface area contributed by atoms with E-state index >= 15 is 0 Å². The number of benzene rings is 1. The van der Waals surface area contributed by atoms with Crippen LogP contribution in [-0.2, 0) is 37.1 Å². The Bertz CT molecular complexity index is 1340. The molecule has 9 heteroatoms. The molecular weight excluding hydrogens is 500 g/mol. The van der Waals surface area contributed by atoms with Crippen molar-refractivity contribution in [2.45, 2.75) is 71.9 Å². The lowest BCUT2D eigenvalue weighted by Gasteiger charge is -2.18. The van der Waals surface area contributed by atoms with E-state index in [1.54, 1.807) is 15.9 Å². The van der Waals surface area contributed by atoms with Gasteiger partial charge in [0.1, 0.15) is 17.2 Å². The molecule has 38 heavy (non-hydrogen) atoms. The molecule has 0 atom stereocenters. The highest BCUT2D eigenvalue weighted by Crippen LogP contribution is 2.34. The first-order valence-corrected chi connectivity index (χ1v) is 14.8. The number of thiophene rings is 1. The number of ether oxygens (including phenoxy) is 2. The molecule has 0 saturated carbocycles. The van der Waals surface area contributed by atoms with Gasteiger partial charge < -0.3 is 14.8 Å². The summed E-state index contributed by atoms with van der Waals surface area (Å²) in [7, 11) is 0. The molecule has 3 heterocycles. The van der Waals surface area contributed by atoms with Gasteiger partial charge in [-0.15, -0.1) is 11.3 Å². The third-order valence-corrected chi connectivity index (χ3v) is 8.55. The van der Waals surface area contributed by atoms with Gasteiger partial charge in [0, 0.05) is 11.4 Å². The predicted octanol–water partition coefficient (Wildman–Crippen LogP) is 4.09. The number of carbonyl (C=O) groups is 1. The summed E-state index contributed by atoms with van der Waals surface area (Å²) >= 11 is 1.67. The summed E-state index contributed by atoms with van der Waals surface area (Å²) in [5.74, 6) is 1.97. The summed E-state index contributed by atoms with van der Waals surface area (Å²) in [4.78, 5) is 36.3. The zero-order valence-corrected chi connectivity index (χ0v) is 23.3. The fourth-order valence-corrected chi connectivity index (χ4v) is 6.77. The molecule has 2 aliphatic rings. The van der Waals surface area contributed by atoms with Gasteiger partial charge in [-0.3, -0.25) is 19.1 Å². The average Bonchev–Trinajstić information content (AvgIpc) is 3.55. The maximum Gasteiger partial charge on any atom is 0.263 e. The molecule has 1 N–H and O–H groups in total. The van der Waals surface area contributed by atoms with Gasteiger partial charge in [-0.1, -0.05) is 6.07 Å². The van der Waals surface area contributed by atoms with Crippen LogP contribution in [0.15, 0.2) is 23.0 Å². The summed E-state index contributed by atoms with van der Waals surface area (Å²) in [5.41, 5.74) is 2.15. The number of fused-ring (bicyclic) bond motifs is 3. The van der Waals surface area contributed by atoms with E-state index in [1.807, 2.05) is 32.0 Å². The molecule has 0 radical (unpaired) electrons. The average molecular weight is 539 g/mol. The van der Waals surface area contributed by atoms with E-state index in [0.717, 1.165) is 84.5 Å². The molecule has 0 bridgehead atoms. The zero-order valence-electron chi connectivity index (χ0n) is 22.5. The van der Waals surface area contributed by atoms with Gasteiger partial charge in [0.05, 0.1) is 25.1 Å². The summed E-state index contributed by atoms with van der Waals surface area (Å²) < 4.78 is 13.0. The Morgan fingerprint density at radius 3 is 2.61 bits per heavy atom. The van der Waals surface area contributed by atoms with E-state index in [-0.39, 0.29) is 18.0 Å². The SMILES string of the molecule is CCOc1ccc(CCNC(=O)Cn2c(CN3CCCC3)nc3sc4c(c3c2=O)CCCC4)cc1OCC. The van der Waals surface area contributed by atoms with E-state index in [2.05, 4.69) is 10.2 Å². The minimum absolute atomic E-state index is 0.0109. The van der Waals surface area contributed by atoms with Crippen LogP contribution in [0.25, 0.3) is 10.2 Å². The topological polar surface area (TPSA) is 85.7 Å². The molecule has 1 aliphatic carbocycles. The summed E-state index contributed by atoms with van der Waals surface area (Å²) in [6, 6.07) is 5.88. The second-order valence-corrected chi connectivity index (χ2v) is 11.1. The number of hydrogen-bond acceptors (Lipinski definition) is 7. The second kappa shape index (κ2) is 12.3. The van der Waals surface area contributed by atoms with Gasteiger partial charge in [0.15, 0.2) is 11.5 Å². The fraction of sp³-hybridized carbons (Fsp3) is 0.552. The van der Waals surface area contributed by atoms with E-state index in [0.29, 0.717) is 38.5 Å². The Morgan fingerprint density at radius 2 is 1.82 bits per heavy atom. The normalized spacial score (nSPS) is 15.5. The van der Waals surface area contributed by atoms with Crippen LogP contribution in [0, 0.1) is 0 Å². The van der Waals surface area contributed by atoms with Gasteiger partial charge in [-0.2, -0.15) is 0 Å². The Balaban J connectivity index is 1.32. The molecule has 1 saturated heterocycles. The number of nitrogens with one attached hydrogen (secondary N) is 1. The van der Waals surface area contributed by atoms with E-state index in [1.165, 1.54) is 4.88 Å². The van der Waals surface area contributed by atoms with Crippen LogP contribution in [0.5, 0.6) is 11.5 Å². The van der Waals surface area contributed by atoms with Crippen LogP contribution < -0.4 is 20.3 Å². The number of hydrogen-bond donors (Lipinski definition) is 1. The Morgan fingerprint density at radius 1 is 1.05 bits per heavy atom. The number of nitrogens with zero attached hydrogens (tertiary/aromatic N) is 3. The largest absolute Gasteiger partial charge is 0.490 e. The first kappa shape index (κ1) is 26.7. The van der Waals surface area contributed by atoms with Gasteiger partial charge in [0.25, 0.3) is 5.56 Å². The maximum atomic E-state index is 13.8. The number of carbonyl (C=O) groups excluding carboxylic acids is 1. The predicted molar refractivity (Wildman–Crippen MR) is 151 cm³/mol. The molecule has 1 aromatic carbocycles. The van der Waals surface area contributed by atoms with Crippen molar-refractivity contribution in [3.05, 3.63) is 50.4 Å². The monoisotopic (exact) mass is 538 g/mol. The molecule has 8 nitrogen and oxygen atoms in total. The van der Waals surface area contributed by atoms with Crippen LogP contribution in [-0.4, -0.2) is 53.2 Å². The van der Waals surface area contributed by atoms with Crippen LogP contribution in [0.2, 0.25) is 0 Å². The highest BCUT2D eigenvalue weighted by atomic mass is 32.1. The zero-order chi connectivity index (χ0) is 26.5. The quantitative estimate of drug-likeness (QED) is 0.396. The maximum absolute atomic E-state index is 13.8. The minimum atomic E-state index is -0.170. The lowest BCUT2D eigenvalue weighted by molar-refractivity contribution is -0.121. The van der Waals surface area contributed by atoms with Gasteiger partial charge in [0.2, 0.25) is 5.91 Å². The molecule has 2 aromatic heterocycles. The van der Waals surface area contributed by atoms with Crippen molar-refractivity contribution >= 4 is 27.5 Å². The fourth-order valence-electron chi connectivity index (χ4n) is 5.50. The third-order valence-electron chi connectivity index (χ3n) is 7.36. The highest BCUT2D eigenvalue weighted by molar-refractivity contribution is 7.18. The first-order chi connectivity index (χ1) is 18.6. The number of likely N-dealkylation sites (tertiary alicyclic amines) is 1. The van der Waals surface area contributed by atoms with Crippen LogP contribution in [0.3, 0.4) is 0 Å². The van der Waals surface area contributed by atoms with Crippen LogP contribution >= 0.6 is 11.3 Å². The molecule has 1 amide bonds. The van der Waals surface area contributed by atoms with Crippen molar-refractivity contribution < 1.29 is 14.3 Å². The van der Waals surface area contributed by atoms with Crippen LogP contribution in [0.4, 0.5) is 0 Å². The third kappa shape index (κ3) is 5.89. The van der Waals surface area contributed by atoms with Crippen molar-refractivity contribution in [1.29, 1.82) is 0 Å². The second-order valence-electron chi connectivity index (χ2n) is 10.0. The van der Waals surface area contributed by atoms with Gasteiger partial charge in [-0.05, 0) is 95.1 Å². The minimum Gasteiger partial charge on any atom is -0.490 e. The molecule has 3 aromatic rings. The standard InChI is InChI=1S/C29H38N4O4S/c1-3-36-22-12-11-20(17-23(22)37-4-2)13-14-30-26(34)19-33-25(18-32-15-7-8-16-32)31-28-27(29(33)35)21-9-5-6-10-24(21)38-28/h11-12,17H,3-10,13-16,18-19H2,1-2H3,(H,30,34). The number of aryl methyl sites for hydroxylation is 2. The molecule has 0 spiro atoms. The summed E-state index contributed by atoms with van der Waals surface area (Å²) in [5, 5.41) is 3.75. The Labute approximate surface area is 228 Å².